The normalized spacial score (nSPS) is 11.7. The van der Waals surface area contributed by atoms with Gasteiger partial charge in [-0.25, -0.2) is 0 Å². The summed E-state index contributed by atoms with van der Waals surface area (Å²) in [5, 5.41) is 6.39. The molecule has 0 aliphatic rings. The number of halogens is 3. The Morgan fingerprint density at radius 2 is 2.00 bits per heavy atom. The lowest BCUT2D eigenvalue weighted by Crippen LogP contribution is -2.07. The SMILES string of the molecule is FC(F)(F)c1nnc(-c2cccnc2)[nH]1. The smallest absolute Gasteiger partial charge is 0.317 e. The van der Waals surface area contributed by atoms with Crippen molar-refractivity contribution in [1.29, 1.82) is 0 Å². The average Bonchev–Trinajstić information content (AvgIpc) is 2.67. The molecule has 2 aromatic heterocycles. The summed E-state index contributed by atoms with van der Waals surface area (Å²) in [7, 11) is 0. The van der Waals surface area contributed by atoms with E-state index in [4.69, 9.17) is 0 Å². The van der Waals surface area contributed by atoms with Crippen molar-refractivity contribution in [2.75, 3.05) is 0 Å². The summed E-state index contributed by atoms with van der Waals surface area (Å²) < 4.78 is 36.5. The fourth-order valence-electron chi connectivity index (χ4n) is 1.02. The fourth-order valence-corrected chi connectivity index (χ4v) is 1.02. The van der Waals surface area contributed by atoms with Crippen LogP contribution in [0, 0.1) is 0 Å². The largest absolute Gasteiger partial charge is 0.451 e. The molecule has 0 fully saturated rings. The van der Waals surface area contributed by atoms with E-state index in [0.29, 0.717) is 5.56 Å². The first kappa shape index (κ1) is 9.63. The summed E-state index contributed by atoms with van der Waals surface area (Å²) in [6, 6.07) is 3.19. The van der Waals surface area contributed by atoms with Crippen LogP contribution in [0.5, 0.6) is 0 Å². The Kier molecular flexibility index (Phi) is 2.14. The van der Waals surface area contributed by atoms with Crippen molar-refractivity contribution in [3.63, 3.8) is 0 Å². The van der Waals surface area contributed by atoms with Crippen molar-refractivity contribution in [3.05, 3.63) is 30.4 Å². The van der Waals surface area contributed by atoms with E-state index in [1.807, 2.05) is 0 Å². The molecule has 2 heterocycles. The molecule has 78 valence electrons. The number of aromatic amines is 1. The Labute approximate surface area is 82.2 Å². The summed E-state index contributed by atoms with van der Waals surface area (Å²) >= 11 is 0. The van der Waals surface area contributed by atoms with Crippen LogP contribution in [0.4, 0.5) is 13.2 Å². The van der Waals surface area contributed by atoms with E-state index in [2.05, 4.69) is 20.2 Å². The Morgan fingerprint density at radius 1 is 1.20 bits per heavy atom. The zero-order valence-corrected chi connectivity index (χ0v) is 7.28. The van der Waals surface area contributed by atoms with E-state index in [1.54, 1.807) is 12.1 Å². The monoisotopic (exact) mass is 214 g/mol. The maximum absolute atomic E-state index is 12.2. The van der Waals surface area contributed by atoms with Gasteiger partial charge in [0, 0.05) is 18.0 Å². The van der Waals surface area contributed by atoms with Crippen LogP contribution >= 0.6 is 0 Å². The van der Waals surface area contributed by atoms with Crippen LogP contribution in [-0.4, -0.2) is 20.2 Å². The van der Waals surface area contributed by atoms with Crippen LogP contribution < -0.4 is 0 Å². The molecule has 0 aromatic carbocycles. The highest BCUT2D eigenvalue weighted by molar-refractivity contribution is 5.52. The van der Waals surface area contributed by atoms with Gasteiger partial charge in [-0.2, -0.15) is 13.2 Å². The topological polar surface area (TPSA) is 54.5 Å². The van der Waals surface area contributed by atoms with Gasteiger partial charge in [-0.1, -0.05) is 0 Å². The molecule has 15 heavy (non-hydrogen) atoms. The van der Waals surface area contributed by atoms with Crippen LogP contribution in [0.15, 0.2) is 24.5 Å². The molecule has 0 atom stereocenters. The minimum Gasteiger partial charge on any atom is -0.317 e. The lowest BCUT2D eigenvalue weighted by molar-refractivity contribution is -0.144. The molecule has 1 N–H and O–H groups in total. The Balaban J connectivity index is 2.37. The van der Waals surface area contributed by atoms with Gasteiger partial charge in [0.15, 0.2) is 5.82 Å². The van der Waals surface area contributed by atoms with Crippen LogP contribution in [0.25, 0.3) is 11.4 Å². The van der Waals surface area contributed by atoms with E-state index >= 15 is 0 Å². The van der Waals surface area contributed by atoms with E-state index in [-0.39, 0.29) is 5.82 Å². The van der Waals surface area contributed by atoms with E-state index in [9.17, 15) is 13.2 Å². The standard InChI is InChI=1S/C8H5F3N4/c9-8(10,11)7-13-6(14-15-7)5-2-1-3-12-4-5/h1-4H,(H,13,14,15). The lowest BCUT2D eigenvalue weighted by atomic mass is 10.3. The van der Waals surface area contributed by atoms with Gasteiger partial charge in [-0.05, 0) is 12.1 Å². The second-order valence-electron chi connectivity index (χ2n) is 2.76. The third kappa shape index (κ3) is 1.95. The predicted molar refractivity (Wildman–Crippen MR) is 44.6 cm³/mol. The molecule has 2 rings (SSSR count). The van der Waals surface area contributed by atoms with Crippen LogP contribution in [0.2, 0.25) is 0 Å². The molecule has 0 amide bonds. The number of hydrogen-bond acceptors (Lipinski definition) is 3. The van der Waals surface area contributed by atoms with E-state index in [0.717, 1.165) is 0 Å². The molecule has 0 saturated carbocycles. The van der Waals surface area contributed by atoms with Gasteiger partial charge in [-0.3, -0.25) is 4.98 Å². The van der Waals surface area contributed by atoms with Gasteiger partial charge < -0.3 is 4.98 Å². The highest BCUT2D eigenvalue weighted by Gasteiger charge is 2.35. The maximum atomic E-state index is 12.2. The van der Waals surface area contributed by atoms with Crippen molar-refractivity contribution in [2.45, 2.75) is 6.18 Å². The number of pyridine rings is 1. The minimum atomic E-state index is -4.51. The van der Waals surface area contributed by atoms with Gasteiger partial charge in [0.05, 0.1) is 0 Å². The van der Waals surface area contributed by atoms with Gasteiger partial charge in [0.2, 0.25) is 5.82 Å². The molecule has 0 saturated heterocycles. The quantitative estimate of drug-likeness (QED) is 0.788. The molecular weight excluding hydrogens is 209 g/mol. The fraction of sp³-hybridized carbons (Fsp3) is 0.125. The molecule has 0 aliphatic carbocycles. The van der Waals surface area contributed by atoms with Crippen molar-refractivity contribution in [3.8, 4) is 11.4 Å². The molecule has 2 aromatic rings. The second kappa shape index (κ2) is 3.34. The Bertz CT molecular complexity index is 448. The zero-order chi connectivity index (χ0) is 10.9. The Morgan fingerprint density at radius 3 is 2.53 bits per heavy atom. The Hall–Kier alpha value is -1.92. The van der Waals surface area contributed by atoms with E-state index < -0.39 is 12.0 Å². The van der Waals surface area contributed by atoms with Crippen LogP contribution in [-0.2, 0) is 6.18 Å². The van der Waals surface area contributed by atoms with E-state index in [1.165, 1.54) is 12.4 Å². The third-order valence-corrected chi connectivity index (χ3v) is 1.69. The first-order valence-corrected chi connectivity index (χ1v) is 3.97. The van der Waals surface area contributed by atoms with Crippen LogP contribution in [0.3, 0.4) is 0 Å². The number of rotatable bonds is 1. The molecular formula is C8H5F3N4. The maximum Gasteiger partial charge on any atom is 0.451 e. The average molecular weight is 214 g/mol. The molecule has 7 heteroatoms. The molecule has 4 nitrogen and oxygen atoms in total. The minimum absolute atomic E-state index is 0.0513. The summed E-state index contributed by atoms with van der Waals surface area (Å²) in [4.78, 5) is 5.85. The summed E-state index contributed by atoms with van der Waals surface area (Å²) in [5.41, 5.74) is 0.459. The van der Waals surface area contributed by atoms with Crippen molar-refractivity contribution in [2.24, 2.45) is 0 Å². The number of aromatic nitrogens is 4. The molecule has 0 spiro atoms. The summed E-state index contributed by atoms with van der Waals surface area (Å²) in [5.74, 6) is -1.06. The van der Waals surface area contributed by atoms with Gasteiger partial charge in [0.25, 0.3) is 0 Å². The van der Waals surface area contributed by atoms with Crippen molar-refractivity contribution >= 4 is 0 Å². The number of alkyl halides is 3. The third-order valence-electron chi connectivity index (χ3n) is 1.69. The summed E-state index contributed by atoms with van der Waals surface area (Å²) in [6.45, 7) is 0. The predicted octanol–water partition coefficient (Wildman–Crippen LogP) is 1.89. The van der Waals surface area contributed by atoms with Crippen molar-refractivity contribution < 1.29 is 13.2 Å². The van der Waals surface area contributed by atoms with Crippen LogP contribution in [0.1, 0.15) is 5.82 Å². The number of nitrogens with one attached hydrogen (secondary N) is 1. The van der Waals surface area contributed by atoms with Gasteiger partial charge >= 0.3 is 6.18 Å². The molecule has 0 aliphatic heterocycles. The highest BCUT2D eigenvalue weighted by atomic mass is 19.4. The number of H-pyrrole nitrogens is 1. The first-order chi connectivity index (χ1) is 7.07. The van der Waals surface area contributed by atoms with Crippen molar-refractivity contribution in [1.82, 2.24) is 20.2 Å². The molecule has 0 bridgehead atoms. The lowest BCUT2D eigenvalue weighted by Gasteiger charge is -1.98. The zero-order valence-electron chi connectivity index (χ0n) is 7.28. The second-order valence-corrected chi connectivity index (χ2v) is 2.76. The molecule has 0 unspecified atom stereocenters. The van der Waals surface area contributed by atoms with Gasteiger partial charge in [-0.15, -0.1) is 10.2 Å². The number of nitrogens with zero attached hydrogens (tertiary/aromatic N) is 3. The molecule has 0 radical (unpaired) electrons. The summed E-state index contributed by atoms with van der Waals surface area (Å²) in [6.07, 6.45) is -1.58. The first-order valence-electron chi connectivity index (χ1n) is 3.97. The number of hydrogen-bond donors (Lipinski definition) is 1. The highest BCUT2D eigenvalue weighted by Crippen LogP contribution is 2.27. The van der Waals surface area contributed by atoms with Gasteiger partial charge in [0.1, 0.15) is 0 Å².